The molecule has 2 aliphatic heterocycles. The molecule has 2 saturated heterocycles. The predicted molar refractivity (Wildman–Crippen MR) is 73.0 cm³/mol. The largest absolute Gasteiger partial charge is 0.393 e. The van der Waals surface area contributed by atoms with Crippen LogP contribution >= 0.6 is 0 Å². The van der Waals surface area contributed by atoms with Gasteiger partial charge >= 0.3 is 11.9 Å². The van der Waals surface area contributed by atoms with Crippen LogP contribution in [0.4, 0.5) is 0 Å². The van der Waals surface area contributed by atoms with E-state index in [2.05, 4.69) is 12.2 Å². The zero-order valence-corrected chi connectivity index (χ0v) is 12.0. The third kappa shape index (κ3) is 1.20. The SMILES string of the molecule is O=C1OC(=O)[C@@H]2[C@@H]1[C@H]1C=C[C@@]23CCCC[C@@]32CCCO[C@@H]12. The third-order valence-electron chi connectivity index (χ3n) is 7.02. The van der Waals surface area contributed by atoms with Crippen LogP contribution in [-0.2, 0) is 19.1 Å². The van der Waals surface area contributed by atoms with Gasteiger partial charge in [-0.05, 0) is 25.7 Å². The lowest BCUT2D eigenvalue weighted by molar-refractivity contribution is -0.231. The van der Waals surface area contributed by atoms with Gasteiger partial charge < -0.3 is 9.47 Å². The van der Waals surface area contributed by atoms with E-state index in [1.165, 1.54) is 6.42 Å². The Balaban J connectivity index is 1.75. The molecule has 4 nitrogen and oxygen atoms in total. The van der Waals surface area contributed by atoms with Crippen LogP contribution in [0.15, 0.2) is 12.2 Å². The Kier molecular flexibility index (Phi) is 2.23. The Bertz CT molecular complexity index is 561. The average molecular weight is 288 g/mol. The van der Waals surface area contributed by atoms with Crippen molar-refractivity contribution in [3.63, 3.8) is 0 Å². The van der Waals surface area contributed by atoms with Crippen LogP contribution in [0.1, 0.15) is 38.5 Å². The maximum Gasteiger partial charge on any atom is 0.318 e. The van der Waals surface area contributed by atoms with E-state index in [1.807, 2.05) is 0 Å². The minimum Gasteiger partial charge on any atom is -0.393 e. The summed E-state index contributed by atoms with van der Waals surface area (Å²) in [4.78, 5) is 24.6. The second kappa shape index (κ2) is 3.78. The second-order valence-corrected chi connectivity index (χ2v) is 7.48. The monoisotopic (exact) mass is 288 g/mol. The number of allylic oxidation sites excluding steroid dienone is 1. The summed E-state index contributed by atoms with van der Waals surface area (Å²) in [5.74, 6) is -1.10. The highest BCUT2D eigenvalue weighted by Crippen LogP contribution is 2.72. The van der Waals surface area contributed by atoms with Gasteiger partial charge in [0.1, 0.15) is 0 Å². The molecule has 2 heterocycles. The third-order valence-corrected chi connectivity index (χ3v) is 7.02. The highest BCUT2D eigenvalue weighted by atomic mass is 16.6. The molecule has 0 radical (unpaired) electrons. The molecule has 6 aliphatic rings. The fraction of sp³-hybridized carbons (Fsp3) is 0.765. The van der Waals surface area contributed by atoms with Crippen LogP contribution in [0.2, 0.25) is 0 Å². The number of hydrogen-bond donors (Lipinski definition) is 0. The summed E-state index contributed by atoms with van der Waals surface area (Å²) in [6.07, 6.45) is 11.2. The second-order valence-electron chi connectivity index (χ2n) is 7.48. The topological polar surface area (TPSA) is 52.6 Å². The van der Waals surface area contributed by atoms with Crippen molar-refractivity contribution in [2.24, 2.45) is 28.6 Å². The van der Waals surface area contributed by atoms with E-state index >= 15 is 0 Å². The Labute approximate surface area is 123 Å². The number of hydrogen-bond acceptors (Lipinski definition) is 4. The summed E-state index contributed by atoms with van der Waals surface area (Å²) < 4.78 is 11.3. The van der Waals surface area contributed by atoms with Gasteiger partial charge in [-0.3, -0.25) is 9.59 Å². The molecule has 2 spiro atoms. The Hall–Kier alpha value is -1.16. The van der Waals surface area contributed by atoms with Gasteiger partial charge in [-0.15, -0.1) is 0 Å². The molecule has 0 aromatic heterocycles. The van der Waals surface area contributed by atoms with E-state index in [4.69, 9.17) is 9.47 Å². The van der Waals surface area contributed by atoms with Gasteiger partial charge in [0.2, 0.25) is 0 Å². The predicted octanol–water partition coefficient (Wildman–Crippen LogP) is 2.23. The summed E-state index contributed by atoms with van der Waals surface area (Å²) in [7, 11) is 0. The zero-order valence-electron chi connectivity index (χ0n) is 12.0. The number of esters is 2. The summed E-state index contributed by atoms with van der Waals surface area (Å²) in [6.45, 7) is 0.785. The van der Waals surface area contributed by atoms with Crippen molar-refractivity contribution in [1.29, 1.82) is 0 Å². The molecule has 0 aromatic carbocycles. The van der Waals surface area contributed by atoms with Crippen LogP contribution in [0.25, 0.3) is 0 Å². The fourth-order valence-corrected chi connectivity index (χ4v) is 6.42. The van der Waals surface area contributed by atoms with Gasteiger partial charge in [-0.2, -0.15) is 0 Å². The smallest absolute Gasteiger partial charge is 0.318 e. The zero-order chi connectivity index (χ0) is 14.2. The van der Waals surface area contributed by atoms with Gasteiger partial charge in [0.05, 0.1) is 17.9 Å². The Morgan fingerprint density at radius 2 is 1.86 bits per heavy atom. The molecule has 4 fully saturated rings. The summed E-state index contributed by atoms with van der Waals surface area (Å²) in [5.41, 5.74) is -0.132. The van der Waals surface area contributed by atoms with Crippen molar-refractivity contribution < 1.29 is 19.1 Å². The van der Waals surface area contributed by atoms with Gasteiger partial charge in [0.25, 0.3) is 0 Å². The summed E-state index contributed by atoms with van der Waals surface area (Å²) in [6, 6.07) is 0. The van der Waals surface area contributed by atoms with E-state index < -0.39 is 0 Å². The molecule has 4 heteroatoms. The van der Waals surface area contributed by atoms with Gasteiger partial charge in [-0.25, -0.2) is 0 Å². The molecule has 21 heavy (non-hydrogen) atoms. The van der Waals surface area contributed by atoms with Crippen molar-refractivity contribution in [3.8, 4) is 0 Å². The van der Waals surface area contributed by atoms with Crippen LogP contribution in [-0.4, -0.2) is 24.6 Å². The molecule has 6 rings (SSSR count). The van der Waals surface area contributed by atoms with E-state index in [1.54, 1.807) is 0 Å². The quantitative estimate of drug-likeness (QED) is 0.390. The Morgan fingerprint density at radius 3 is 2.76 bits per heavy atom. The minimum absolute atomic E-state index is 0.0363. The molecular formula is C17H20O4. The van der Waals surface area contributed by atoms with Crippen LogP contribution in [0, 0.1) is 28.6 Å². The number of cyclic esters (lactones) is 2. The number of rotatable bonds is 0. The van der Waals surface area contributed by atoms with Crippen molar-refractivity contribution in [3.05, 3.63) is 12.2 Å². The van der Waals surface area contributed by atoms with Crippen molar-refractivity contribution in [2.75, 3.05) is 6.61 Å². The molecule has 0 amide bonds. The highest BCUT2D eigenvalue weighted by Gasteiger charge is 2.74. The van der Waals surface area contributed by atoms with Crippen molar-refractivity contribution in [1.82, 2.24) is 0 Å². The average Bonchev–Trinajstić information content (AvgIpc) is 2.82. The highest BCUT2D eigenvalue weighted by molar-refractivity contribution is 5.98. The summed E-state index contributed by atoms with van der Waals surface area (Å²) in [5, 5.41) is 0. The standard InChI is InChI=1S/C17H20O4/c18-14-11-10-4-8-16(12(11)15(19)21-14)5-1-2-6-17(16)7-3-9-20-13(10)17/h4,8,10-13H,1-3,5-7,9H2/t10-,11+,12+,13+,16+,17+/m1/s1. The summed E-state index contributed by atoms with van der Waals surface area (Å²) >= 11 is 0. The van der Waals surface area contributed by atoms with Crippen molar-refractivity contribution >= 4 is 11.9 Å². The maximum absolute atomic E-state index is 12.4. The van der Waals surface area contributed by atoms with E-state index in [0.717, 1.165) is 38.7 Å². The fourth-order valence-electron chi connectivity index (χ4n) is 6.42. The normalized spacial score (nSPS) is 53.9. The first-order valence-corrected chi connectivity index (χ1v) is 8.26. The lowest BCUT2D eigenvalue weighted by Gasteiger charge is -2.67. The lowest BCUT2D eigenvalue weighted by atomic mass is 9.37. The van der Waals surface area contributed by atoms with Crippen LogP contribution in [0.3, 0.4) is 0 Å². The minimum atomic E-state index is -0.313. The van der Waals surface area contributed by atoms with Crippen molar-refractivity contribution in [2.45, 2.75) is 44.6 Å². The number of carbonyl (C=O) groups is 2. The van der Waals surface area contributed by atoms with E-state index in [9.17, 15) is 9.59 Å². The molecule has 2 saturated carbocycles. The Morgan fingerprint density at radius 1 is 1.05 bits per heavy atom. The van der Waals surface area contributed by atoms with E-state index in [0.29, 0.717) is 0 Å². The van der Waals surface area contributed by atoms with Gasteiger partial charge in [0.15, 0.2) is 0 Å². The first-order chi connectivity index (χ1) is 10.2. The number of ether oxygens (including phenoxy) is 2. The molecule has 0 aromatic rings. The molecule has 6 atom stereocenters. The maximum atomic E-state index is 12.4. The molecule has 0 unspecified atom stereocenters. The molecule has 2 bridgehead atoms. The van der Waals surface area contributed by atoms with Crippen LogP contribution < -0.4 is 0 Å². The first-order valence-electron chi connectivity index (χ1n) is 8.26. The van der Waals surface area contributed by atoms with Gasteiger partial charge in [-0.1, -0.05) is 25.0 Å². The molecule has 4 aliphatic carbocycles. The van der Waals surface area contributed by atoms with Gasteiger partial charge in [0, 0.05) is 23.4 Å². The number of carbonyl (C=O) groups excluding carboxylic acids is 2. The molecular weight excluding hydrogens is 268 g/mol. The lowest BCUT2D eigenvalue weighted by Crippen LogP contribution is -2.68. The first kappa shape index (κ1) is 12.4. The van der Waals surface area contributed by atoms with Crippen LogP contribution in [0.5, 0.6) is 0 Å². The van der Waals surface area contributed by atoms with E-state index in [-0.39, 0.29) is 46.6 Å². The molecule has 0 N–H and O–H groups in total. The molecule has 112 valence electrons.